The zero-order chi connectivity index (χ0) is 19.1. The van der Waals surface area contributed by atoms with E-state index in [1.54, 1.807) is 18.2 Å². The number of benzene rings is 2. The monoisotopic (exact) mass is 429 g/mol. The molecule has 2 amide bonds. The Kier molecular flexibility index (Phi) is 7.01. The molecule has 5 nitrogen and oxygen atoms in total. The van der Waals surface area contributed by atoms with Crippen LogP contribution in [0.25, 0.3) is 0 Å². The van der Waals surface area contributed by atoms with Gasteiger partial charge in [0.25, 0.3) is 5.91 Å². The van der Waals surface area contributed by atoms with E-state index < -0.39 is 0 Å². The van der Waals surface area contributed by atoms with Crippen LogP contribution >= 0.6 is 15.9 Å². The molecule has 0 aromatic heterocycles. The van der Waals surface area contributed by atoms with Crippen LogP contribution in [0.1, 0.15) is 34.3 Å². The first-order valence-corrected chi connectivity index (χ1v) is 10.00. The number of likely N-dealkylation sites (tertiary alicyclic amines) is 1. The van der Waals surface area contributed by atoms with Crippen molar-refractivity contribution in [1.29, 1.82) is 0 Å². The van der Waals surface area contributed by atoms with Crippen molar-refractivity contribution >= 4 is 27.7 Å². The molecule has 2 N–H and O–H groups in total. The summed E-state index contributed by atoms with van der Waals surface area (Å²) in [5.41, 5.74) is 2.87. The minimum absolute atomic E-state index is 0.0433. The van der Waals surface area contributed by atoms with Crippen LogP contribution in [0.15, 0.2) is 53.0 Å². The summed E-state index contributed by atoms with van der Waals surface area (Å²) < 4.78 is 0.827. The van der Waals surface area contributed by atoms with Crippen LogP contribution in [0.5, 0.6) is 0 Å². The Balaban J connectivity index is 1.40. The molecule has 2 aromatic rings. The Bertz CT molecular complexity index is 786. The van der Waals surface area contributed by atoms with Crippen LogP contribution in [-0.2, 0) is 17.9 Å². The third-order valence-corrected chi connectivity index (χ3v) is 5.11. The van der Waals surface area contributed by atoms with E-state index in [0.29, 0.717) is 12.1 Å². The summed E-state index contributed by atoms with van der Waals surface area (Å²) in [6, 6.07) is 15.4. The summed E-state index contributed by atoms with van der Waals surface area (Å²) in [5.74, 6) is -0.475. The highest BCUT2D eigenvalue weighted by molar-refractivity contribution is 9.10. The number of nitrogens with one attached hydrogen (secondary N) is 2. The van der Waals surface area contributed by atoms with Gasteiger partial charge in [-0.15, -0.1) is 0 Å². The quantitative estimate of drug-likeness (QED) is 0.710. The average Bonchev–Trinajstić information content (AvgIpc) is 3.18. The molecule has 6 heteroatoms. The molecule has 1 saturated heterocycles. The predicted octanol–water partition coefficient (Wildman–Crippen LogP) is 3.09. The predicted molar refractivity (Wildman–Crippen MR) is 109 cm³/mol. The molecule has 27 heavy (non-hydrogen) atoms. The summed E-state index contributed by atoms with van der Waals surface area (Å²) in [6.07, 6.45) is 2.59. The molecular weight excluding hydrogens is 406 g/mol. The van der Waals surface area contributed by atoms with Gasteiger partial charge in [0.15, 0.2) is 0 Å². The normalized spacial score (nSPS) is 14.1. The molecule has 0 radical (unpaired) electrons. The van der Waals surface area contributed by atoms with Gasteiger partial charge in [0.2, 0.25) is 5.91 Å². The summed E-state index contributed by atoms with van der Waals surface area (Å²) in [6.45, 7) is 3.77. The SMILES string of the molecule is O=C(CNC(=O)c1cccc(Br)c1)NCc1ccc(CN2CCCC2)cc1. The first-order chi connectivity index (χ1) is 13.1. The van der Waals surface area contributed by atoms with Crippen LogP contribution in [-0.4, -0.2) is 36.3 Å². The number of carbonyl (C=O) groups is 2. The zero-order valence-corrected chi connectivity index (χ0v) is 16.8. The Labute approximate surface area is 168 Å². The Morgan fingerprint density at radius 3 is 2.37 bits per heavy atom. The van der Waals surface area contributed by atoms with E-state index in [1.165, 1.54) is 31.5 Å². The van der Waals surface area contributed by atoms with E-state index in [4.69, 9.17) is 0 Å². The van der Waals surface area contributed by atoms with Crippen LogP contribution in [0.3, 0.4) is 0 Å². The molecule has 1 aliphatic rings. The molecular formula is C21H24BrN3O2. The maximum absolute atomic E-state index is 12.0. The molecule has 0 aliphatic carbocycles. The van der Waals surface area contributed by atoms with Gasteiger partial charge in [-0.1, -0.05) is 46.3 Å². The molecule has 3 rings (SSSR count). The molecule has 1 fully saturated rings. The lowest BCUT2D eigenvalue weighted by Gasteiger charge is -2.14. The van der Waals surface area contributed by atoms with Crippen molar-refractivity contribution in [2.24, 2.45) is 0 Å². The van der Waals surface area contributed by atoms with Crippen molar-refractivity contribution in [3.8, 4) is 0 Å². The molecule has 0 atom stereocenters. The van der Waals surface area contributed by atoms with Gasteiger partial charge in [-0.3, -0.25) is 14.5 Å². The topological polar surface area (TPSA) is 61.4 Å². The minimum Gasteiger partial charge on any atom is -0.350 e. The van der Waals surface area contributed by atoms with E-state index in [2.05, 4.69) is 43.6 Å². The van der Waals surface area contributed by atoms with Gasteiger partial charge < -0.3 is 10.6 Å². The van der Waals surface area contributed by atoms with E-state index in [1.807, 2.05) is 18.2 Å². The fraction of sp³-hybridized carbons (Fsp3) is 0.333. The number of hydrogen-bond acceptors (Lipinski definition) is 3. The highest BCUT2D eigenvalue weighted by Crippen LogP contribution is 2.13. The second-order valence-electron chi connectivity index (χ2n) is 6.77. The number of rotatable bonds is 7. The van der Waals surface area contributed by atoms with Gasteiger partial charge in [0.05, 0.1) is 6.54 Å². The van der Waals surface area contributed by atoms with Crippen LogP contribution in [0, 0.1) is 0 Å². The third kappa shape index (κ3) is 6.19. The molecule has 0 bridgehead atoms. The number of carbonyl (C=O) groups excluding carboxylic acids is 2. The van der Waals surface area contributed by atoms with Crippen molar-refractivity contribution in [2.75, 3.05) is 19.6 Å². The standard InChI is InChI=1S/C21H24BrN3O2/c22-19-5-3-4-18(12-19)21(27)24-14-20(26)23-13-16-6-8-17(9-7-16)15-25-10-1-2-11-25/h3-9,12H,1-2,10-11,13-15H2,(H,23,26)(H,24,27). The summed E-state index contributed by atoms with van der Waals surface area (Å²) >= 11 is 3.33. The van der Waals surface area contributed by atoms with Gasteiger partial charge in [0.1, 0.15) is 0 Å². The molecule has 0 unspecified atom stereocenters. The van der Waals surface area contributed by atoms with E-state index >= 15 is 0 Å². The van der Waals surface area contributed by atoms with Gasteiger partial charge in [-0.25, -0.2) is 0 Å². The number of nitrogens with zero attached hydrogens (tertiary/aromatic N) is 1. The average molecular weight is 430 g/mol. The van der Waals surface area contributed by atoms with Gasteiger partial charge in [-0.2, -0.15) is 0 Å². The number of hydrogen-bond donors (Lipinski definition) is 2. The zero-order valence-electron chi connectivity index (χ0n) is 15.2. The van der Waals surface area contributed by atoms with Gasteiger partial charge >= 0.3 is 0 Å². The molecule has 142 valence electrons. The number of halogens is 1. The van der Waals surface area contributed by atoms with Crippen LogP contribution in [0.2, 0.25) is 0 Å². The lowest BCUT2D eigenvalue weighted by atomic mass is 10.1. The highest BCUT2D eigenvalue weighted by Gasteiger charge is 2.11. The molecule has 2 aromatic carbocycles. The molecule has 0 saturated carbocycles. The van der Waals surface area contributed by atoms with Gasteiger partial charge in [0, 0.05) is 23.1 Å². The summed E-state index contributed by atoms with van der Waals surface area (Å²) in [4.78, 5) is 26.5. The Morgan fingerprint density at radius 2 is 1.67 bits per heavy atom. The van der Waals surface area contributed by atoms with E-state index in [-0.39, 0.29) is 18.4 Å². The molecule has 1 heterocycles. The van der Waals surface area contributed by atoms with Gasteiger partial charge in [-0.05, 0) is 55.3 Å². The first-order valence-electron chi connectivity index (χ1n) is 9.21. The summed E-state index contributed by atoms with van der Waals surface area (Å²) in [7, 11) is 0. The fourth-order valence-corrected chi connectivity index (χ4v) is 3.52. The second-order valence-corrected chi connectivity index (χ2v) is 7.69. The van der Waals surface area contributed by atoms with Crippen molar-refractivity contribution in [1.82, 2.24) is 15.5 Å². The fourth-order valence-electron chi connectivity index (χ4n) is 3.12. The lowest BCUT2D eigenvalue weighted by molar-refractivity contribution is -0.120. The smallest absolute Gasteiger partial charge is 0.251 e. The van der Waals surface area contributed by atoms with Crippen molar-refractivity contribution in [3.05, 3.63) is 69.7 Å². The minimum atomic E-state index is -0.266. The Hall–Kier alpha value is -2.18. The highest BCUT2D eigenvalue weighted by atomic mass is 79.9. The second kappa shape index (κ2) is 9.67. The van der Waals surface area contributed by atoms with E-state index in [0.717, 1.165) is 16.6 Å². The maximum atomic E-state index is 12.0. The first kappa shape index (κ1) is 19.6. The molecule has 0 spiro atoms. The van der Waals surface area contributed by atoms with Crippen LogP contribution < -0.4 is 10.6 Å². The third-order valence-electron chi connectivity index (χ3n) is 4.61. The van der Waals surface area contributed by atoms with Crippen LogP contribution in [0.4, 0.5) is 0 Å². The van der Waals surface area contributed by atoms with Crippen molar-refractivity contribution < 1.29 is 9.59 Å². The Morgan fingerprint density at radius 1 is 0.963 bits per heavy atom. The maximum Gasteiger partial charge on any atom is 0.251 e. The van der Waals surface area contributed by atoms with Crippen molar-refractivity contribution in [3.63, 3.8) is 0 Å². The number of amides is 2. The van der Waals surface area contributed by atoms with Crippen molar-refractivity contribution in [2.45, 2.75) is 25.9 Å². The summed E-state index contributed by atoms with van der Waals surface area (Å²) in [5, 5.41) is 5.47. The molecule has 1 aliphatic heterocycles. The lowest BCUT2D eigenvalue weighted by Crippen LogP contribution is -2.36. The van der Waals surface area contributed by atoms with E-state index in [9.17, 15) is 9.59 Å². The largest absolute Gasteiger partial charge is 0.350 e.